The quantitative estimate of drug-likeness (QED) is 0.754. The number of Topliss-reactive ketones (excluding diaryl/α,β-unsaturated/α-hetero) is 1. The normalized spacial score (nSPS) is 18.6. The molecule has 0 saturated carbocycles. The van der Waals surface area contributed by atoms with Crippen molar-refractivity contribution in [2.45, 2.75) is 25.8 Å². The van der Waals surface area contributed by atoms with Gasteiger partial charge in [-0.25, -0.2) is 0 Å². The van der Waals surface area contributed by atoms with Gasteiger partial charge in [0.15, 0.2) is 5.78 Å². The molecular formula is C13H16ClNO. The van der Waals surface area contributed by atoms with Crippen LogP contribution in [0.2, 0.25) is 5.02 Å². The van der Waals surface area contributed by atoms with Crippen LogP contribution in [0, 0.1) is 0 Å². The molecule has 0 amide bonds. The molecule has 1 heterocycles. The molecule has 0 spiro atoms. The molecule has 1 aliphatic rings. The Labute approximate surface area is 101 Å². The molecule has 2 nitrogen and oxygen atoms in total. The summed E-state index contributed by atoms with van der Waals surface area (Å²) in [5.74, 6) is 0.193. The number of benzene rings is 1. The lowest BCUT2D eigenvalue weighted by Crippen LogP contribution is -2.36. The Morgan fingerprint density at radius 2 is 1.81 bits per heavy atom. The Morgan fingerprint density at radius 1 is 1.25 bits per heavy atom. The van der Waals surface area contributed by atoms with Gasteiger partial charge in [-0.3, -0.25) is 9.69 Å². The molecule has 0 N–H and O–H groups in total. The molecule has 1 unspecified atom stereocenters. The van der Waals surface area contributed by atoms with Gasteiger partial charge in [-0.05, 0) is 57.1 Å². The molecule has 3 heteroatoms. The molecule has 1 fully saturated rings. The van der Waals surface area contributed by atoms with E-state index in [9.17, 15) is 4.79 Å². The lowest BCUT2D eigenvalue weighted by molar-refractivity contribution is 0.0867. The van der Waals surface area contributed by atoms with Crippen molar-refractivity contribution in [1.29, 1.82) is 0 Å². The van der Waals surface area contributed by atoms with Crippen LogP contribution >= 0.6 is 11.6 Å². The van der Waals surface area contributed by atoms with Crippen molar-refractivity contribution in [2.75, 3.05) is 13.1 Å². The van der Waals surface area contributed by atoms with E-state index in [1.54, 1.807) is 24.3 Å². The van der Waals surface area contributed by atoms with Crippen LogP contribution in [0.3, 0.4) is 0 Å². The van der Waals surface area contributed by atoms with Gasteiger partial charge in [0.05, 0.1) is 6.04 Å². The Bertz CT molecular complexity index is 368. The standard InChI is InChI=1S/C13H16ClNO/c1-10(15-8-2-3-9-15)13(16)11-4-6-12(14)7-5-11/h4-7,10H,2-3,8-9H2,1H3. The first-order valence-corrected chi connectivity index (χ1v) is 6.10. The SMILES string of the molecule is CC(C(=O)c1ccc(Cl)cc1)N1CCCC1. The van der Waals surface area contributed by atoms with E-state index < -0.39 is 0 Å². The highest BCUT2D eigenvalue weighted by Gasteiger charge is 2.24. The first-order valence-electron chi connectivity index (χ1n) is 5.72. The van der Waals surface area contributed by atoms with E-state index in [-0.39, 0.29) is 11.8 Å². The van der Waals surface area contributed by atoms with Crippen LogP contribution in [-0.4, -0.2) is 29.8 Å². The predicted molar refractivity (Wildman–Crippen MR) is 66.1 cm³/mol. The molecule has 2 rings (SSSR count). The fourth-order valence-electron chi connectivity index (χ4n) is 2.15. The van der Waals surface area contributed by atoms with Crippen molar-refractivity contribution in [1.82, 2.24) is 4.90 Å². The summed E-state index contributed by atoms with van der Waals surface area (Å²) >= 11 is 5.80. The van der Waals surface area contributed by atoms with Crippen LogP contribution in [0.4, 0.5) is 0 Å². The van der Waals surface area contributed by atoms with Crippen LogP contribution in [0.1, 0.15) is 30.1 Å². The first-order chi connectivity index (χ1) is 7.68. The number of hydrogen-bond acceptors (Lipinski definition) is 2. The molecule has 0 bridgehead atoms. The third-order valence-electron chi connectivity index (χ3n) is 3.20. The highest BCUT2D eigenvalue weighted by molar-refractivity contribution is 6.30. The van der Waals surface area contributed by atoms with Gasteiger partial charge in [-0.1, -0.05) is 11.6 Å². The van der Waals surface area contributed by atoms with Crippen molar-refractivity contribution in [2.24, 2.45) is 0 Å². The van der Waals surface area contributed by atoms with E-state index >= 15 is 0 Å². The zero-order chi connectivity index (χ0) is 11.5. The van der Waals surface area contributed by atoms with E-state index in [1.165, 1.54) is 12.8 Å². The summed E-state index contributed by atoms with van der Waals surface area (Å²) < 4.78 is 0. The molecule has 1 aromatic carbocycles. The number of hydrogen-bond donors (Lipinski definition) is 0. The number of halogens is 1. The summed E-state index contributed by atoms with van der Waals surface area (Å²) in [5.41, 5.74) is 0.754. The van der Waals surface area contributed by atoms with Gasteiger partial charge in [0.25, 0.3) is 0 Å². The monoisotopic (exact) mass is 237 g/mol. The third-order valence-corrected chi connectivity index (χ3v) is 3.45. The van der Waals surface area contributed by atoms with Gasteiger partial charge in [0, 0.05) is 10.6 Å². The second-order valence-electron chi connectivity index (χ2n) is 4.29. The average molecular weight is 238 g/mol. The maximum absolute atomic E-state index is 12.2. The van der Waals surface area contributed by atoms with Gasteiger partial charge in [0.2, 0.25) is 0 Å². The second-order valence-corrected chi connectivity index (χ2v) is 4.73. The third kappa shape index (κ3) is 2.45. The van der Waals surface area contributed by atoms with Crippen molar-refractivity contribution >= 4 is 17.4 Å². The highest BCUT2D eigenvalue weighted by Crippen LogP contribution is 2.17. The molecule has 16 heavy (non-hydrogen) atoms. The van der Waals surface area contributed by atoms with E-state index in [2.05, 4.69) is 4.90 Å². The minimum atomic E-state index is -0.0105. The number of ketones is 1. The van der Waals surface area contributed by atoms with Gasteiger partial charge in [0.1, 0.15) is 0 Å². The topological polar surface area (TPSA) is 20.3 Å². The van der Waals surface area contributed by atoms with Gasteiger partial charge < -0.3 is 0 Å². The summed E-state index contributed by atoms with van der Waals surface area (Å²) in [6, 6.07) is 7.13. The maximum atomic E-state index is 12.2. The van der Waals surface area contributed by atoms with Crippen LogP contribution in [-0.2, 0) is 0 Å². The van der Waals surface area contributed by atoms with Crippen LogP contribution in [0.15, 0.2) is 24.3 Å². The van der Waals surface area contributed by atoms with Crippen molar-refractivity contribution in [3.05, 3.63) is 34.9 Å². The number of nitrogens with zero attached hydrogens (tertiary/aromatic N) is 1. The summed E-state index contributed by atoms with van der Waals surface area (Å²) in [5, 5.41) is 0.672. The van der Waals surface area contributed by atoms with Crippen LogP contribution in [0.25, 0.3) is 0 Å². The fraction of sp³-hybridized carbons (Fsp3) is 0.462. The zero-order valence-corrected chi connectivity index (χ0v) is 10.2. The smallest absolute Gasteiger partial charge is 0.179 e. The average Bonchev–Trinajstić information content (AvgIpc) is 2.81. The highest BCUT2D eigenvalue weighted by atomic mass is 35.5. The number of likely N-dealkylation sites (tertiary alicyclic amines) is 1. The van der Waals surface area contributed by atoms with Gasteiger partial charge in [-0.15, -0.1) is 0 Å². The fourth-order valence-corrected chi connectivity index (χ4v) is 2.28. The second kappa shape index (κ2) is 4.98. The predicted octanol–water partition coefficient (Wildman–Crippen LogP) is 3.01. The van der Waals surface area contributed by atoms with Gasteiger partial charge in [-0.2, -0.15) is 0 Å². The maximum Gasteiger partial charge on any atom is 0.179 e. The van der Waals surface area contributed by atoms with Crippen molar-refractivity contribution in [3.8, 4) is 0 Å². The minimum absolute atomic E-state index is 0.0105. The van der Waals surface area contributed by atoms with E-state index in [1.807, 2.05) is 6.92 Å². The summed E-state index contributed by atoms with van der Waals surface area (Å²) in [7, 11) is 0. The van der Waals surface area contributed by atoms with E-state index in [0.717, 1.165) is 18.7 Å². The molecule has 1 aliphatic heterocycles. The van der Waals surface area contributed by atoms with Crippen molar-refractivity contribution < 1.29 is 4.79 Å². The van der Waals surface area contributed by atoms with Gasteiger partial charge >= 0.3 is 0 Å². The molecule has 0 aromatic heterocycles. The lowest BCUT2D eigenvalue weighted by Gasteiger charge is -2.22. The summed E-state index contributed by atoms with van der Waals surface area (Å²) in [6.45, 7) is 4.07. The zero-order valence-electron chi connectivity index (χ0n) is 9.45. The number of carbonyl (C=O) groups excluding carboxylic acids is 1. The largest absolute Gasteiger partial charge is 0.294 e. The molecule has 1 saturated heterocycles. The molecule has 86 valence electrons. The van der Waals surface area contributed by atoms with Crippen LogP contribution < -0.4 is 0 Å². The van der Waals surface area contributed by atoms with Crippen molar-refractivity contribution in [3.63, 3.8) is 0 Å². The molecule has 1 aromatic rings. The molecular weight excluding hydrogens is 222 g/mol. The minimum Gasteiger partial charge on any atom is -0.294 e. The van der Waals surface area contributed by atoms with E-state index in [4.69, 9.17) is 11.6 Å². The number of rotatable bonds is 3. The molecule has 1 atom stereocenters. The Morgan fingerprint density at radius 3 is 2.38 bits per heavy atom. The van der Waals surface area contributed by atoms with Crippen LogP contribution in [0.5, 0.6) is 0 Å². The summed E-state index contributed by atoms with van der Waals surface area (Å²) in [6.07, 6.45) is 2.41. The number of carbonyl (C=O) groups is 1. The lowest BCUT2D eigenvalue weighted by atomic mass is 10.0. The Balaban J connectivity index is 2.08. The molecule has 0 aliphatic carbocycles. The first kappa shape index (κ1) is 11.6. The Kier molecular flexibility index (Phi) is 3.62. The summed E-state index contributed by atoms with van der Waals surface area (Å²) in [4.78, 5) is 14.4. The Hall–Kier alpha value is -0.860. The molecule has 0 radical (unpaired) electrons. The van der Waals surface area contributed by atoms with E-state index in [0.29, 0.717) is 5.02 Å².